The number of hydrogen-bond acceptors (Lipinski definition) is 3. The summed E-state index contributed by atoms with van der Waals surface area (Å²) in [5.74, 6) is 0.131. The van der Waals surface area contributed by atoms with E-state index in [-0.39, 0.29) is 5.84 Å². The number of nitrogens with two attached hydrogens (primary N) is 1. The van der Waals surface area contributed by atoms with Crippen molar-refractivity contribution in [1.29, 1.82) is 0 Å². The van der Waals surface area contributed by atoms with Crippen LogP contribution in [0.5, 0.6) is 0 Å². The van der Waals surface area contributed by atoms with Crippen LogP contribution in [-0.4, -0.2) is 24.1 Å². The molecule has 1 heterocycles. The molecule has 5 heteroatoms. The van der Waals surface area contributed by atoms with Crippen molar-refractivity contribution in [3.05, 3.63) is 28.2 Å². The molecule has 3 N–H and O–H groups in total. The van der Waals surface area contributed by atoms with Crippen molar-refractivity contribution in [2.24, 2.45) is 10.9 Å². The quantitative estimate of drug-likeness (QED) is 0.379. The van der Waals surface area contributed by atoms with Crippen molar-refractivity contribution in [2.75, 3.05) is 18.0 Å². The minimum absolute atomic E-state index is 0.131. The van der Waals surface area contributed by atoms with Crippen LogP contribution in [0.25, 0.3) is 0 Å². The smallest absolute Gasteiger partial charge is 0.171 e. The van der Waals surface area contributed by atoms with Crippen LogP contribution in [-0.2, 0) is 0 Å². The Morgan fingerprint density at radius 2 is 1.79 bits per heavy atom. The number of oxime groups is 1. The second-order valence-corrected chi connectivity index (χ2v) is 5.76. The topological polar surface area (TPSA) is 61.9 Å². The van der Waals surface area contributed by atoms with Gasteiger partial charge in [-0.25, -0.2) is 0 Å². The van der Waals surface area contributed by atoms with Crippen LogP contribution in [0.2, 0.25) is 0 Å². The van der Waals surface area contributed by atoms with E-state index < -0.39 is 0 Å². The molecule has 0 bridgehead atoms. The molecule has 0 radical (unpaired) electrons. The van der Waals surface area contributed by atoms with Crippen LogP contribution in [0.15, 0.2) is 27.8 Å². The minimum atomic E-state index is 0.131. The zero-order valence-corrected chi connectivity index (χ0v) is 12.6. The van der Waals surface area contributed by atoms with E-state index in [2.05, 4.69) is 32.1 Å². The van der Waals surface area contributed by atoms with Gasteiger partial charge in [0.05, 0.1) is 0 Å². The molecule has 0 saturated carbocycles. The van der Waals surface area contributed by atoms with Gasteiger partial charge in [0.15, 0.2) is 5.84 Å². The average molecular weight is 326 g/mol. The fourth-order valence-electron chi connectivity index (χ4n) is 2.47. The van der Waals surface area contributed by atoms with Gasteiger partial charge in [0.1, 0.15) is 0 Å². The third kappa shape index (κ3) is 3.62. The number of hydrogen-bond donors (Lipinski definition) is 2. The molecule has 0 atom stereocenters. The monoisotopic (exact) mass is 325 g/mol. The van der Waals surface area contributed by atoms with Gasteiger partial charge in [-0.1, -0.05) is 24.4 Å². The largest absolute Gasteiger partial charge is 0.409 e. The van der Waals surface area contributed by atoms with Crippen LogP contribution in [0.1, 0.15) is 37.7 Å². The number of anilines is 1. The highest BCUT2D eigenvalue weighted by Crippen LogP contribution is 2.26. The summed E-state index contributed by atoms with van der Waals surface area (Å²) in [5.41, 5.74) is 7.54. The second kappa shape index (κ2) is 6.80. The van der Waals surface area contributed by atoms with Gasteiger partial charge in [-0.15, -0.1) is 0 Å². The SMILES string of the molecule is N/C(=N/O)c1ccc(N2CCCCCCC2)cc1Br. The first-order valence-corrected chi connectivity index (χ1v) is 7.54. The number of amidine groups is 1. The van der Waals surface area contributed by atoms with Crippen LogP contribution < -0.4 is 10.6 Å². The first kappa shape index (κ1) is 14.2. The lowest BCUT2D eigenvalue weighted by molar-refractivity contribution is 0.318. The summed E-state index contributed by atoms with van der Waals surface area (Å²) >= 11 is 3.49. The maximum absolute atomic E-state index is 8.73. The molecular weight excluding hydrogens is 306 g/mol. The van der Waals surface area contributed by atoms with Gasteiger partial charge in [-0.05, 0) is 47.0 Å². The second-order valence-electron chi connectivity index (χ2n) is 4.90. The first-order chi connectivity index (χ1) is 9.22. The van der Waals surface area contributed by atoms with Crippen LogP contribution in [0.3, 0.4) is 0 Å². The van der Waals surface area contributed by atoms with Crippen LogP contribution in [0.4, 0.5) is 5.69 Å². The molecule has 1 aliphatic rings. The highest BCUT2D eigenvalue weighted by Gasteiger charge is 2.12. The van der Waals surface area contributed by atoms with Gasteiger partial charge in [-0.3, -0.25) is 0 Å². The normalized spacial score (nSPS) is 17.9. The van der Waals surface area contributed by atoms with E-state index in [1.54, 1.807) is 0 Å². The van der Waals surface area contributed by atoms with Gasteiger partial charge in [0.25, 0.3) is 0 Å². The van der Waals surface area contributed by atoms with Gasteiger partial charge < -0.3 is 15.8 Å². The van der Waals surface area contributed by atoms with Gasteiger partial charge in [0, 0.05) is 28.8 Å². The lowest BCUT2D eigenvalue weighted by Crippen LogP contribution is -2.27. The van der Waals surface area contributed by atoms with Gasteiger partial charge in [0.2, 0.25) is 0 Å². The maximum Gasteiger partial charge on any atom is 0.171 e. The molecule has 0 spiro atoms. The molecule has 1 aromatic carbocycles. The van der Waals surface area contributed by atoms with Crippen molar-refractivity contribution in [1.82, 2.24) is 0 Å². The van der Waals surface area contributed by atoms with E-state index in [4.69, 9.17) is 10.9 Å². The Labute approximate surface area is 122 Å². The predicted octanol–water partition coefficient (Wildman–Crippen LogP) is 3.31. The molecule has 1 fully saturated rings. The molecule has 0 unspecified atom stereocenters. The molecule has 4 nitrogen and oxygen atoms in total. The molecule has 104 valence electrons. The van der Waals surface area contributed by atoms with Crippen molar-refractivity contribution in [2.45, 2.75) is 32.1 Å². The summed E-state index contributed by atoms with van der Waals surface area (Å²) in [4.78, 5) is 2.42. The zero-order valence-electron chi connectivity index (χ0n) is 11.0. The Morgan fingerprint density at radius 3 is 2.37 bits per heavy atom. The highest BCUT2D eigenvalue weighted by molar-refractivity contribution is 9.10. The Hall–Kier alpha value is -1.23. The number of benzene rings is 1. The minimum Gasteiger partial charge on any atom is -0.409 e. The van der Waals surface area contributed by atoms with E-state index >= 15 is 0 Å². The van der Waals surface area contributed by atoms with Gasteiger partial charge >= 0.3 is 0 Å². The number of nitrogens with zero attached hydrogens (tertiary/aromatic N) is 2. The Bertz CT molecular complexity index is 454. The molecule has 2 rings (SSSR count). The number of halogens is 1. The summed E-state index contributed by atoms with van der Waals surface area (Å²) in [6.07, 6.45) is 6.50. The molecule has 1 aliphatic heterocycles. The molecular formula is C14H20BrN3O. The lowest BCUT2D eigenvalue weighted by Gasteiger charge is -2.27. The Kier molecular flexibility index (Phi) is 5.07. The van der Waals surface area contributed by atoms with E-state index in [1.165, 1.54) is 37.8 Å². The fraction of sp³-hybridized carbons (Fsp3) is 0.500. The molecule has 0 aliphatic carbocycles. The fourth-order valence-corrected chi connectivity index (χ4v) is 3.04. The molecule has 0 amide bonds. The summed E-state index contributed by atoms with van der Waals surface area (Å²) in [6, 6.07) is 5.99. The standard InChI is InChI=1S/C14H20BrN3O/c15-13-10-11(6-7-12(13)14(16)17-19)18-8-4-2-1-3-5-9-18/h6-7,10,19H,1-5,8-9H2,(H2,16,17). The third-order valence-electron chi connectivity index (χ3n) is 3.56. The molecule has 1 aromatic rings. The molecule has 0 aromatic heterocycles. The maximum atomic E-state index is 8.73. The summed E-state index contributed by atoms with van der Waals surface area (Å²) in [6.45, 7) is 2.21. The van der Waals surface area contributed by atoms with Crippen LogP contribution >= 0.6 is 15.9 Å². The van der Waals surface area contributed by atoms with Gasteiger partial charge in [-0.2, -0.15) is 0 Å². The van der Waals surface area contributed by atoms with Crippen molar-refractivity contribution >= 4 is 27.5 Å². The van der Waals surface area contributed by atoms with Crippen molar-refractivity contribution < 1.29 is 5.21 Å². The van der Waals surface area contributed by atoms with E-state index in [1.807, 2.05) is 12.1 Å². The van der Waals surface area contributed by atoms with E-state index in [9.17, 15) is 0 Å². The summed E-state index contributed by atoms with van der Waals surface area (Å²) in [7, 11) is 0. The third-order valence-corrected chi connectivity index (χ3v) is 4.21. The van der Waals surface area contributed by atoms with E-state index in [0.29, 0.717) is 0 Å². The van der Waals surface area contributed by atoms with Crippen molar-refractivity contribution in [3.63, 3.8) is 0 Å². The average Bonchev–Trinajstić information content (AvgIpc) is 2.37. The molecule has 1 saturated heterocycles. The lowest BCUT2D eigenvalue weighted by atomic mass is 10.1. The Balaban J connectivity index is 2.18. The number of rotatable bonds is 2. The summed E-state index contributed by atoms with van der Waals surface area (Å²) < 4.78 is 0.863. The molecule has 19 heavy (non-hydrogen) atoms. The predicted molar refractivity (Wildman–Crippen MR) is 82.0 cm³/mol. The van der Waals surface area contributed by atoms with E-state index in [0.717, 1.165) is 23.1 Å². The van der Waals surface area contributed by atoms with Crippen molar-refractivity contribution in [3.8, 4) is 0 Å². The summed E-state index contributed by atoms with van der Waals surface area (Å²) in [5, 5.41) is 11.8. The Morgan fingerprint density at radius 1 is 1.16 bits per heavy atom. The highest BCUT2D eigenvalue weighted by atomic mass is 79.9. The van der Waals surface area contributed by atoms with Crippen LogP contribution in [0, 0.1) is 0 Å². The first-order valence-electron chi connectivity index (χ1n) is 6.75. The zero-order chi connectivity index (χ0) is 13.7.